The van der Waals surface area contributed by atoms with E-state index in [0.29, 0.717) is 24.3 Å². The lowest BCUT2D eigenvalue weighted by atomic mass is 10.1. The summed E-state index contributed by atoms with van der Waals surface area (Å²) >= 11 is 1.61. The first-order valence-corrected chi connectivity index (χ1v) is 10.3. The summed E-state index contributed by atoms with van der Waals surface area (Å²) in [4.78, 5) is 29.0. The maximum Gasteiger partial charge on any atom is 0.265 e. The highest BCUT2D eigenvalue weighted by Gasteiger charge is 2.17. The first kappa shape index (κ1) is 18.6. The minimum absolute atomic E-state index is 0.00561. The second-order valence-electron chi connectivity index (χ2n) is 6.63. The fourth-order valence-electron chi connectivity index (χ4n) is 3.40. The molecule has 1 aromatic carbocycles. The number of rotatable bonds is 5. The molecule has 4 nitrogen and oxygen atoms in total. The van der Waals surface area contributed by atoms with Gasteiger partial charge in [-0.3, -0.25) is 9.59 Å². The maximum atomic E-state index is 12.6. The van der Waals surface area contributed by atoms with Crippen molar-refractivity contribution >= 4 is 28.8 Å². The molecule has 1 aliphatic carbocycles. The van der Waals surface area contributed by atoms with E-state index in [-0.39, 0.29) is 11.8 Å². The van der Waals surface area contributed by atoms with Gasteiger partial charge in [0.25, 0.3) is 11.8 Å². The van der Waals surface area contributed by atoms with Crippen LogP contribution in [0, 0.1) is 0 Å². The molecule has 2 aromatic rings. The van der Waals surface area contributed by atoms with Crippen LogP contribution < -0.4 is 5.32 Å². The van der Waals surface area contributed by atoms with Crippen LogP contribution in [0.15, 0.2) is 30.3 Å². The highest BCUT2D eigenvalue weighted by Crippen LogP contribution is 2.29. The monoisotopic (exact) mass is 370 g/mol. The summed E-state index contributed by atoms with van der Waals surface area (Å²) < 4.78 is 0. The highest BCUT2D eigenvalue weighted by atomic mass is 32.1. The van der Waals surface area contributed by atoms with Gasteiger partial charge in [0, 0.05) is 29.2 Å². The van der Waals surface area contributed by atoms with Crippen LogP contribution in [0.5, 0.6) is 0 Å². The van der Waals surface area contributed by atoms with Crippen molar-refractivity contribution in [2.45, 2.75) is 46.0 Å². The number of amides is 2. The Bertz CT molecular complexity index is 770. The van der Waals surface area contributed by atoms with E-state index in [1.54, 1.807) is 28.4 Å². The van der Waals surface area contributed by atoms with Gasteiger partial charge in [-0.1, -0.05) is 12.5 Å². The number of hydrogen-bond acceptors (Lipinski definition) is 3. The van der Waals surface area contributed by atoms with Crippen molar-refractivity contribution in [3.05, 3.63) is 51.2 Å². The van der Waals surface area contributed by atoms with Gasteiger partial charge in [0.2, 0.25) is 0 Å². The molecule has 1 aromatic heterocycles. The van der Waals surface area contributed by atoms with Gasteiger partial charge in [-0.15, -0.1) is 11.3 Å². The standard InChI is InChI=1S/C21H26N2O2S/c1-3-23(4-2)21(25)16-10-8-11-17(13-16)22-20(24)19-14-15-9-6-5-7-12-18(15)26-19/h8,10-11,13-14H,3-7,9,12H2,1-2H3,(H,22,24). The molecule has 0 fully saturated rings. The van der Waals surface area contributed by atoms with Crippen LogP contribution in [0.3, 0.4) is 0 Å². The van der Waals surface area contributed by atoms with Gasteiger partial charge in [0.1, 0.15) is 0 Å². The predicted molar refractivity (Wildman–Crippen MR) is 107 cm³/mol. The summed E-state index contributed by atoms with van der Waals surface area (Å²) in [7, 11) is 0. The number of carbonyl (C=O) groups excluding carboxylic acids is 2. The van der Waals surface area contributed by atoms with Crippen molar-refractivity contribution in [2.75, 3.05) is 18.4 Å². The minimum atomic E-state index is -0.0875. The normalized spacial score (nSPS) is 13.6. The molecule has 0 bridgehead atoms. The van der Waals surface area contributed by atoms with Gasteiger partial charge >= 0.3 is 0 Å². The van der Waals surface area contributed by atoms with Gasteiger partial charge in [-0.2, -0.15) is 0 Å². The first-order chi connectivity index (χ1) is 12.6. The molecule has 0 aliphatic heterocycles. The van der Waals surface area contributed by atoms with Gasteiger partial charge in [-0.25, -0.2) is 0 Å². The third-order valence-electron chi connectivity index (χ3n) is 4.89. The van der Waals surface area contributed by atoms with Crippen LogP contribution >= 0.6 is 11.3 Å². The summed E-state index contributed by atoms with van der Waals surface area (Å²) in [5.41, 5.74) is 2.60. The van der Waals surface area contributed by atoms with E-state index >= 15 is 0 Å². The number of aryl methyl sites for hydroxylation is 2. The lowest BCUT2D eigenvalue weighted by Gasteiger charge is -2.19. The van der Waals surface area contributed by atoms with Crippen LogP contribution in [0.4, 0.5) is 5.69 Å². The second-order valence-corrected chi connectivity index (χ2v) is 7.77. The zero-order valence-corrected chi connectivity index (χ0v) is 16.3. The van der Waals surface area contributed by atoms with Crippen molar-refractivity contribution in [3.63, 3.8) is 0 Å². The lowest BCUT2D eigenvalue weighted by Crippen LogP contribution is -2.30. The Morgan fingerprint density at radius 3 is 2.62 bits per heavy atom. The SMILES string of the molecule is CCN(CC)C(=O)c1cccc(NC(=O)c2cc3c(s2)CCCCC3)c1. The fourth-order valence-corrected chi connectivity index (χ4v) is 4.54. The van der Waals surface area contributed by atoms with E-state index in [9.17, 15) is 9.59 Å². The largest absolute Gasteiger partial charge is 0.339 e. The molecule has 0 radical (unpaired) electrons. The quantitative estimate of drug-likeness (QED) is 0.772. The molecule has 138 valence electrons. The van der Waals surface area contributed by atoms with Crippen molar-refractivity contribution in [1.29, 1.82) is 0 Å². The van der Waals surface area contributed by atoms with Crippen molar-refractivity contribution in [3.8, 4) is 0 Å². The minimum Gasteiger partial charge on any atom is -0.339 e. The Balaban J connectivity index is 1.74. The lowest BCUT2D eigenvalue weighted by molar-refractivity contribution is 0.0772. The molecule has 1 heterocycles. The fraction of sp³-hybridized carbons (Fsp3) is 0.429. The van der Waals surface area contributed by atoms with Gasteiger partial charge in [0.05, 0.1) is 4.88 Å². The van der Waals surface area contributed by atoms with E-state index < -0.39 is 0 Å². The number of hydrogen-bond donors (Lipinski definition) is 1. The third kappa shape index (κ3) is 4.15. The predicted octanol–water partition coefficient (Wildman–Crippen LogP) is 4.75. The van der Waals surface area contributed by atoms with Gasteiger partial charge in [0.15, 0.2) is 0 Å². The Kier molecular flexibility index (Phi) is 6.09. The number of nitrogens with zero attached hydrogens (tertiary/aromatic N) is 1. The van der Waals surface area contributed by atoms with Crippen LogP contribution in [-0.2, 0) is 12.8 Å². The van der Waals surface area contributed by atoms with Gasteiger partial charge < -0.3 is 10.2 Å². The van der Waals surface area contributed by atoms with E-state index in [0.717, 1.165) is 17.7 Å². The van der Waals surface area contributed by atoms with Crippen molar-refractivity contribution in [1.82, 2.24) is 4.90 Å². The number of nitrogens with one attached hydrogen (secondary N) is 1. The maximum absolute atomic E-state index is 12.6. The van der Waals surface area contributed by atoms with E-state index in [1.807, 2.05) is 32.0 Å². The average molecular weight is 371 g/mol. The third-order valence-corrected chi connectivity index (χ3v) is 6.12. The molecule has 26 heavy (non-hydrogen) atoms. The smallest absolute Gasteiger partial charge is 0.265 e. The molecule has 5 heteroatoms. The topological polar surface area (TPSA) is 49.4 Å². The van der Waals surface area contributed by atoms with E-state index in [4.69, 9.17) is 0 Å². The molecule has 0 saturated carbocycles. The highest BCUT2D eigenvalue weighted by molar-refractivity contribution is 7.14. The molecule has 0 atom stereocenters. The van der Waals surface area contributed by atoms with Crippen LogP contribution in [0.25, 0.3) is 0 Å². The van der Waals surface area contributed by atoms with Crippen molar-refractivity contribution in [2.24, 2.45) is 0 Å². The summed E-state index contributed by atoms with van der Waals surface area (Å²) in [6.45, 7) is 5.28. The molecular weight excluding hydrogens is 344 g/mol. The summed E-state index contributed by atoms with van der Waals surface area (Å²) in [5.74, 6) is -0.0931. The molecule has 2 amide bonds. The van der Waals surface area contributed by atoms with Crippen LogP contribution in [0.2, 0.25) is 0 Å². The average Bonchev–Trinajstić information content (AvgIpc) is 2.94. The van der Waals surface area contributed by atoms with Crippen LogP contribution in [-0.4, -0.2) is 29.8 Å². The molecule has 0 unspecified atom stereocenters. The van der Waals surface area contributed by atoms with E-state index in [1.165, 1.54) is 29.7 Å². The zero-order valence-electron chi connectivity index (χ0n) is 15.5. The van der Waals surface area contributed by atoms with E-state index in [2.05, 4.69) is 5.32 Å². The molecule has 0 saturated heterocycles. The first-order valence-electron chi connectivity index (χ1n) is 9.44. The number of benzene rings is 1. The van der Waals surface area contributed by atoms with Crippen molar-refractivity contribution < 1.29 is 9.59 Å². The molecule has 3 rings (SSSR count). The van der Waals surface area contributed by atoms with Crippen LogP contribution in [0.1, 0.15) is 63.6 Å². The summed E-state index contributed by atoms with van der Waals surface area (Å²) in [5, 5.41) is 2.95. The number of carbonyl (C=O) groups is 2. The second kappa shape index (κ2) is 8.49. The molecule has 1 N–H and O–H groups in total. The zero-order chi connectivity index (χ0) is 18.5. The Labute approximate surface area is 159 Å². The molecule has 1 aliphatic rings. The summed E-state index contributed by atoms with van der Waals surface area (Å²) in [6, 6.07) is 9.25. The Morgan fingerprint density at radius 2 is 1.85 bits per heavy atom. The Hall–Kier alpha value is -2.14. The summed E-state index contributed by atoms with van der Waals surface area (Å²) in [6.07, 6.45) is 5.86. The molecular formula is C21H26N2O2S. The Morgan fingerprint density at radius 1 is 1.08 bits per heavy atom. The van der Waals surface area contributed by atoms with Gasteiger partial charge in [-0.05, 0) is 69.4 Å². The number of fused-ring (bicyclic) bond motifs is 1. The molecule has 0 spiro atoms. The number of anilines is 1. The number of thiophene rings is 1.